The number of alkyl halides is 3. The molecule has 1 aliphatic heterocycles. The number of aromatic nitrogens is 2. The standard InChI is InChI=1S/C20H16FN3O2.C2HF3O2/c1-11-17(23-10-22-11)9-14-19-16(24-20(14)25)8-7-15(21)18(19)12-3-5-13(26-2)6-4-12;3-2(4,5)1(6)7/h3-10H,1-2H3,(H,22,23)(H,24,25);(H,6,7). The number of H-pyrrole nitrogens is 1. The minimum Gasteiger partial charge on any atom is -0.497 e. The van der Waals surface area contributed by atoms with E-state index < -0.39 is 18.0 Å². The molecule has 33 heavy (non-hydrogen) atoms. The molecule has 2 aromatic carbocycles. The summed E-state index contributed by atoms with van der Waals surface area (Å²) >= 11 is 0. The maximum absolute atomic E-state index is 14.8. The molecule has 1 aromatic heterocycles. The third-order valence-corrected chi connectivity index (χ3v) is 4.69. The van der Waals surface area contributed by atoms with Gasteiger partial charge in [0.1, 0.15) is 11.6 Å². The number of amides is 1. The molecule has 3 N–H and O–H groups in total. The van der Waals surface area contributed by atoms with Gasteiger partial charge in [-0.25, -0.2) is 14.2 Å². The number of benzene rings is 2. The van der Waals surface area contributed by atoms with Gasteiger partial charge in [-0.2, -0.15) is 13.2 Å². The molecule has 172 valence electrons. The molecule has 3 aromatic rings. The van der Waals surface area contributed by atoms with Crippen LogP contribution in [-0.2, 0) is 9.59 Å². The molecule has 0 atom stereocenters. The lowest BCUT2D eigenvalue weighted by Gasteiger charge is -2.11. The van der Waals surface area contributed by atoms with Crippen LogP contribution in [0, 0.1) is 12.7 Å². The van der Waals surface area contributed by atoms with E-state index in [0.717, 1.165) is 5.69 Å². The highest BCUT2D eigenvalue weighted by Gasteiger charge is 2.38. The van der Waals surface area contributed by atoms with Crippen molar-refractivity contribution >= 4 is 29.2 Å². The van der Waals surface area contributed by atoms with Crippen molar-refractivity contribution in [1.29, 1.82) is 0 Å². The van der Waals surface area contributed by atoms with Gasteiger partial charge in [-0.05, 0) is 42.8 Å². The molecule has 11 heteroatoms. The van der Waals surface area contributed by atoms with E-state index in [2.05, 4.69) is 15.3 Å². The lowest BCUT2D eigenvalue weighted by Crippen LogP contribution is -2.21. The second-order valence-corrected chi connectivity index (χ2v) is 6.80. The molecule has 4 rings (SSSR count). The van der Waals surface area contributed by atoms with Gasteiger partial charge in [-0.15, -0.1) is 0 Å². The van der Waals surface area contributed by atoms with E-state index in [0.29, 0.717) is 39.4 Å². The van der Waals surface area contributed by atoms with Crippen LogP contribution in [0.2, 0.25) is 0 Å². The van der Waals surface area contributed by atoms with Crippen LogP contribution in [0.15, 0.2) is 42.7 Å². The molecular formula is C22H17F4N3O4. The second-order valence-electron chi connectivity index (χ2n) is 6.80. The zero-order chi connectivity index (χ0) is 24.3. The molecule has 0 saturated carbocycles. The van der Waals surface area contributed by atoms with Gasteiger partial charge in [0.05, 0.1) is 24.7 Å². The van der Waals surface area contributed by atoms with Gasteiger partial charge in [-0.1, -0.05) is 12.1 Å². The van der Waals surface area contributed by atoms with E-state index >= 15 is 0 Å². The first-order valence-corrected chi connectivity index (χ1v) is 9.33. The monoisotopic (exact) mass is 463 g/mol. The number of nitrogens with one attached hydrogen (secondary N) is 2. The summed E-state index contributed by atoms with van der Waals surface area (Å²) in [6, 6.07) is 10.0. The Morgan fingerprint density at radius 1 is 1.12 bits per heavy atom. The van der Waals surface area contributed by atoms with Crippen LogP contribution in [0.4, 0.5) is 23.2 Å². The average molecular weight is 463 g/mol. The summed E-state index contributed by atoms with van der Waals surface area (Å²) in [5.41, 5.74) is 4.04. The molecule has 0 aliphatic carbocycles. The molecule has 0 radical (unpaired) electrons. The minimum absolute atomic E-state index is 0.275. The molecule has 0 fully saturated rings. The lowest BCUT2D eigenvalue weighted by molar-refractivity contribution is -0.192. The fraction of sp³-hybridized carbons (Fsp3) is 0.136. The molecule has 0 spiro atoms. The van der Waals surface area contributed by atoms with Crippen molar-refractivity contribution in [3.05, 3.63) is 65.5 Å². The molecule has 7 nitrogen and oxygen atoms in total. The first-order chi connectivity index (χ1) is 15.5. The van der Waals surface area contributed by atoms with Gasteiger partial charge in [-0.3, -0.25) is 4.79 Å². The number of hydrogen-bond donors (Lipinski definition) is 3. The van der Waals surface area contributed by atoms with Crippen LogP contribution < -0.4 is 10.1 Å². The van der Waals surface area contributed by atoms with Crippen LogP contribution in [0.5, 0.6) is 5.75 Å². The van der Waals surface area contributed by atoms with Gasteiger partial charge < -0.3 is 20.1 Å². The number of ether oxygens (including phenoxy) is 1. The van der Waals surface area contributed by atoms with Gasteiger partial charge in [0.15, 0.2) is 0 Å². The molecule has 0 unspecified atom stereocenters. The first-order valence-electron chi connectivity index (χ1n) is 9.33. The number of methoxy groups -OCH3 is 1. The van der Waals surface area contributed by atoms with Crippen molar-refractivity contribution in [2.75, 3.05) is 12.4 Å². The van der Waals surface area contributed by atoms with E-state index in [-0.39, 0.29) is 5.91 Å². The van der Waals surface area contributed by atoms with E-state index in [1.807, 2.05) is 6.92 Å². The summed E-state index contributed by atoms with van der Waals surface area (Å²) in [5, 5.41) is 9.93. The Morgan fingerprint density at radius 3 is 2.27 bits per heavy atom. The van der Waals surface area contributed by atoms with Crippen molar-refractivity contribution in [2.45, 2.75) is 13.1 Å². The molecule has 1 aliphatic rings. The third-order valence-electron chi connectivity index (χ3n) is 4.69. The average Bonchev–Trinajstić information content (AvgIpc) is 3.31. The predicted octanol–water partition coefficient (Wildman–Crippen LogP) is 4.66. The smallest absolute Gasteiger partial charge is 0.490 e. The summed E-state index contributed by atoms with van der Waals surface area (Å²) in [4.78, 5) is 28.6. The number of aryl methyl sites for hydroxylation is 1. The Hall–Kier alpha value is -4.15. The molecule has 2 heterocycles. The number of rotatable bonds is 3. The number of carboxylic acids is 1. The summed E-state index contributed by atoms with van der Waals surface area (Å²) < 4.78 is 51.7. The molecule has 0 bridgehead atoms. The summed E-state index contributed by atoms with van der Waals surface area (Å²) in [6.07, 6.45) is -1.84. The Bertz CT molecular complexity index is 1230. The number of halogens is 4. The van der Waals surface area contributed by atoms with Gasteiger partial charge in [0.2, 0.25) is 0 Å². The highest BCUT2D eigenvalue weighted by atomic mass is 19.4. The Balaban J connectivity index is 0.000000383. The number of nitrogens with zero attached hydrogens (tertiary/aromatic N) is 1. The highest BCUT2D eigenvalue weighted by Crippen LogP contribution is 2.42. The topological polar surface area (TPSA) is 104 Å². The van der Waals surface area contributed by atoms with Crippen LogP contribution in [0.3, 0.4) is 0 Å². The number of aromatic amines is 1. The predicted molar refractivity (Wildman–Crippen MR) is 112 cm³/mol. The molecular weight excluding hydrogens is 446 g/mol. The van der Waals surface area contributed by atoms with E-state index in [4.69, 9.17) is 14.6 Å². The van der Waals surface area contributed by atoms with Gasteiger partial charge in [0.25, 0.3) is 5.91 Å². The van der Waals surface area contributed by atoms with Crippen molar-refractivity contribution < 1.29 is 37.0 Å². The minimum atomic E-state index is -5.08. The highest BCUT2D eigenvalue weighted by molar-refractivity contribution is 6.36. The number of aliphatic carboxylic acids is 1. The number of imidazole rings is 1. The Kier molecular flexibility index (Phi) is 6.52. The number of carbonyl (C=O) groups is 2. The maximum Gasteiger partial charge on any atom is 0.490 e. The van der Waals surface area contributed by atoms with Gasteiger partial charge >= 0.3 is 12.1 Å². The lowest BCUT2D eigenvalue weighted by atomic mass is 9.93. The molecule has 1 amide bonds. The maximum atomic E-state index is 14.8. The van der Waals surface area contributed by atoms with Crippen molar-refractivity contribution in [3.63, 3.8) is 0 Å². The quantitative estimate of drug-likeness (QED) is 0.387. The largest absolute Gasteiger partial charge is 0.497 e. The van der Waals surface area contributed by atoms with Crippen LogP contribution in [-0.4, -0.2) is 40.2 Å². The van der Waals surface area contributed by atoms with E-state index in [1.165, 1.54) is 6.07 Å². The van der Waals surface area contributed by atoms with E-state index in [1.54, 1.807) is 49.8 Å². The number of fused-ring (bicyclic) bond motifs is 1. The Morgan fingerprint density at radius 2 is 1.76 bits per heavy atom. The summed E-state index contributed by atoms with van der Waals surface area (Å²) in [5.74, 6) is -2.75. The zero-order valence-electron chi connectivity index (χ0n) is 17.2. The molecule has 0 saturated heterocycles. The first kappa shape index (κ1) is 23.5. The number of hydrogen-bond acceptors (Lipinski definition) is 4. The van der Waals surface area contributed by atoms with Crippen molar-refractivity contribution in [1.82, 2.24) is 9.97 Å². The normalized spacial score (nSPS) is 13.8. The van der Waals surface area contributed by atoms with Crippen molar-refractivity contribution in [2.24, 2.45) is 0 Å². The summed E-state index contributed by atoms with van der Waals surface area (Å²) in [6.45, 7) is 1.86. The second kappa shape index (κ2) is 9.15. The van der Waals surface area contributed by atoms with E-state index in [9.17, 15) is 22.4 Å². The van der Waals surface area contributed by atoms with Crippen LogP contribution in [0.25, 0.3) is 22.8 Å². The SMILES string of the molecule is COc1ccc(-c2c(F)ccc3c2C(=Cc2nc[nH]c2C)C(=O)N3)cc1.O=C(O)C(F)(F)F. The number of carboxylic acid groups (broad SMARTS) is 1. The zero-order valence-corrected chi connectivity index (χ0v) is 17.2. The Labute approximate surface area is 184 Å². The fourth-order valence-corrected chi connectivity index (χ4v) is 3.09. The van der Waals surface area contributed by atoms with Crippen molar-refractivity contribution in [3.8, 4) is 16.9 Å². The number of carbonyl (C=O) groups excluding carboxylic acids is 1. The van der Waals surface area contributed by atoms with Crippen LogP contribution >= 0.6 is 0 Å². The van der Waals surface area contributed by atoms with Gasteiger partial charge in [0, 0.05) is 22.5 Å². The number of anilines is 1. The third kappa shape index (κ3) is 5.03. The fourth-order valence-electron chi connectivity index (χ4n) is 3.09. The van der Waals surface area contributed by atoms with Crippen LogP contribution in [0.1, 0.15) is 17.0 Å². The summed E-state index contributed by atoms with van der Waals surface area (Å²) in [7, 11) is 1.57.